The van der Waals surface area contributed by atoms with E-state index in [9.17, 15) is 4.39 Å². The normalized spacial score (nSPS) is 18.1. The third-order valence-electron chi connectivity index (χ3n) is 5.87. The number of allylic oxidation sites excluding steroid dienone is 1. The van der Waals surface area contributed by atoms with Crippen LogP contribution in [0.3, 0.4) is 0 Å². The van der Waals surface area contributed by atoms with Gasteiger partial charge < -0.3 is 4.57 Å². The Hall–Kier alpha value is -2.10. The Balaban J connectivity index is 1.63. The van der Waals surface area contributed by atoms with Crippen molar-refractivity contribution in [2.24, 2.45) is 0 Å². The summed E-state index contributed by atoms with van der Waals surface area (Å²) in [6.45, 7) is 4.21. The first-order valence-corrected chi connectivity index (χ1v) is 9.97. The van der Waals surface area contributed by atoms with Crippen LogP contribution in [0, 0.1) is 5.82 Å². The van der Waals surface area contributed by atoms with Crippen molar-refractivity contribution in [2.45, 2.75) is 38.8 Å². The van der Waals surface area contributed by atoms with Gasteiger partial charge in [-0.05, 0) is 66.8 Å². The van der Waals surface area contributed by atoms with Gasteiger partial charge in [0.1, 0.15) is 5.82 Å². The van der Waals surface area contributed by atoms with Crippen molar-refractivity contribution in [3.63, 3.8) is 0 Å². The second kappa shape index (κ2) is 6.50. The molecule has 0 radical (unpaired) electrons. The fourth-order valence-electron chi connectivity index (χ4n) is 4.27. The van der Waals surface area contributed by atoms with Gasteiger partial charge >= 0.3 is 0 Å². The molecule has 0 amide bonds. The summed E-state index contributed by atoms with van der Waals surface area (Å²) in [4.78, 5) is 2.61. The van der Waals surface area contributed by atoms with Gasteiger partial charge in [-0.15, -0.1) is 0 Å². The highest BCUT2D eigenvalue weighted by Crippen LogP contribution is 2.37. The van der Waals surface area contributed by atoms with E-state index in [1.165, 1.54) is 47.1 Å². The monoisotopic (exact) mass is 380 g/mol. The molecule has 0 saturated heterocycles. The third-order valence-corrected chi connectivity index (χ3v) is 6.10. The number of benzene rings is 2. The highest BCUT2D eigenvalue weighted by atomic mass is 35.5. The lowest BCUT2D eigenvalue weighted by atomic mass is 10.0. The Bertz CT molecular complexity index is 1040. The molecule has 0 unspecified atom stereocenters. The average molecular weight is 381 g/mol. The molecule has 0 atom stereocenters. The molecule has 2 nitrogen and oxygen atoms in total. The van der Waals surface area contributed by atoms with E-state index in [1.54, 1.807) is 0 Å². The van der Waals surface area contributed by atoms with Gasteiger partial charge in [-0.3, -0.25) is 4.90 Å². The Morgan fingerprint density at radius 1 is 1.15 bits per heavy atom. The maximum absolute atomic E-state index is 13.3. The lowest BCUT2D eigenvalue weighted by Crippen LogP contribution is -2.32. The Morgan fingerprint density at radius 3 is 2.67 bits per heavy atom. The van der Waals surface area contributed by atoms with Gasteiger partial charge in [-0.25, -0.2) is 4.39 Å². The molecule has 5 rings (SSSR count). The topological polar surface area (TPSA) is 8.17 Å². The molecule has 138 valence electrons. The van der Waals surface area contributed by atoms with E-state index in [2.05, 4.69) is 34.7 Å². The first-order chi connectivity index (χ1) is 13.1. The molecular formula is C23H22ClFN2. The quantitative estimate of drug-likeness (QED) is 0.543. The van der Waals surface area contributed by atoms with Gasteiger partial charge in [-0.2, -0.15) is 0 Å². The SMILES string of the molecule is C/C(=C\n1c2c(c3cc(Cl)ccc31)CN(C1CC1)CC2)c1ccc(F)cc1. The number of halogens is 2. The summed E-state index contributed by atoms with van der Waals surface area (Å²) in [6, 6.07) is 13.7. The average Bonchev–Trinajstić information content (AvgIpc) is 3.48. The van der Waals surface area contributed by atoms with Crippen molar-refractivity contribution in [1.82, 2.24) is 9.47 Å². The number of rotatable bonds is 3. The van der Waals surface area contributed by atoms with E-state index in [-0.39, 0.29) is 5.82 Å². The first kappa shape index (κ1) is 17.0. The van der Waals surface area contributed by atoms with Crippen LogP contribution in [0.4, 0.5) is 4.39 Å². The lowest BCUT2D eigenvalue weighted by molar-refractivity contribution is 0.243. The van der Waals surface area contributed by atoms with Crippen LogP contribution in [-0.4, -0.2) is 22.1 Å². The van der Waals surface area contributed by atoms with Gasteiger partial charge in [-0.1, -0.05) is 23.7 Å². The molecule has 3 aromatic rings. The Labute approximate surface area is 163 Å². The van der Waals surface area contributed by atoms with Crippen LogP contribution in [0.15, 0.2) is 42.5 Å². The van der Waals surface area contributed by atoms with Crippen LogP contribution < -0.4 is 0 Å². The van der Waals surface area contributed by atoms with Crippen molar-refractivity contribution in [1.29, 1.82) is 0 Å². The van der Waals surface area contributed by atoms with Gasteiger partial charge in [0.15, 0.2) is 0 Å². The van der Waals surface area contributed by atoms with Crippen LogP contribution in [0.5, 0.6) is 0 Å². The predicted octanol–water partition coefficient (Wildman–Crippen LogP) is 5.97. The van der Waals surface area contributed by atoms with Gasteiger partial charge in [0, 0.05) is 47.9 Å². The first-order valence-electron chi connectivity index (χ1n) is 9.60. The van der Waals surface area contributed by atoms with Crippen molar-refractivity contribution < 1.29 is 4.39 Å². The zero-order valence-corrected chi connectivity index (χ0v) is 16.1. The molecule has 1 saturated carbocycles. The van der Waals surface area contributed by atoms with Crippen LogP contribution >= 0.6 is 11.6 Å². The van der Waals surface area contributed by atoms with E-state index >= 15 is 0 Å². The highest BCUT2D eigenvalue weighted by Gasteiger charge is 2.33. The minimum Gasteiger partial charge on any atom is -0.320 e. The maximum Gasteiger partial charge on any atom is 0.123 e. The van der Waals surface area contributed by atoms with Crippen molar-refractivity contribution in [3.8, 4) is 0 Å². The standard InChI is InChI=1S/C23H22ClFN2/c1-15(16-2-5-18(25)6-3-16)13-27-22-9-4-17(24)12-20(22)21-14-26(19-7-8-19)11-10-23(21)27/h2-6,9,12-13,19H,7-8,10-11,14H2,1H3/b15-13+. The van der Waals surface area contributed by atoms with E-state index in [0.29, 0.717) is 0 Å². The number of hydrogen-bond acceptors (Lipinski definition) is 1. The molecule has 0 N–H and O–H groups in total. The van der Waals surface area contributed by atoms with E-state index in [1.807, 2.05) is 18.2 Å². The largest absolute Gasteiger partial charge is 0.320 e. The summed E-state index contributed by atoms with van der Waals surface area (Å²) in [5.41, 5.74) is 6.15. The summed E-state index contributed by atoms with van der Waals surface area (Å²) in [7, 11) is 0. The smallest absolute Gasteiger partial charge is 0.123 e. The molecule has 4 heteroatoms. The van der Waals surface area contributed by atoms with Crippen LogP contribution in [0.2, 0.25) is 5.02 Å². The molecule has 2 heterocycles. The molecule has 0 bridgehead atoms. The maximum atomic E-state index is 13.3. The minimum absolute atomic E-state index is 0.204. The number of nitrogens with zero attached hydrogens (tertiary/aromatic N) is 2. The summed E-state index contributed by atoms with van der Waals surface area (Å²) in [5.74, 6) is -0.204. The number of hydrogen-bond donors (Lipinski definition) is 0. The highest BCUT2D eigenvalue weighted by molar-refractivity contribution is 6.31. The van der Waals surface area contributed by atoms with E-state index in [0.717, 1.165) is 41.7 Å². The minimum atomic E-state index is -0.204. The Kier molecular flexibility index (Phi) is 4.10. The van der Waals surface area contributed by atoms with E-state index in [4.69, 9.17) is 11.6 Å². The summed E-state index contributed by atoms with van der Waals surface area (Å²) in [6.07, 6.45) is 5.90. The third kappa shape index (κ3) is 3.09. The molecule has 27 heavy (non-hydrogen) atoms. The van der Waals surface area contributed by atoms with Gasteiger partial charge in [0.05, 0.1) is 5.52 Å². The van der Waals surface area contributed by atoms with Crippen molar-refractivity contribution >= 4 is 34.3 Å². The molecule has 1 aliphatic carbocycles. The summed E-state index contributed by atoms with van der Waals surface area (Å²) < 4.78 is 15.6. The summed E-state index contributed by atoms with van der Waals surface area (Å²) in [5, 5.41) is 2.04. The molecular weight excluding hydrogens is 359 g/mol. The lowest BCUT2D eigenvalue weighted by Gasteiger charge is -2.27. The molecule has 2 aliphatic rings. The second-order valence-corrected chi connectivity index (χ2v) is 8.16. The van der Waals surface area contributed by atoms with Crippen LogP contribution in [0.25, 0.3) is 22.7 Å². The molecule has 2 aromatic carbocycles. The second-order valence-electron chi connectivity index (χ2n) is 7.73. The zero-order valence-electron chi connectivity index (χ0n) is 15.4. The van der Waals surface area contributed by atoms with E-state index < -0.39 is 0 Å². The Morgan fingerprint density at radius 2 is 1.93 bits per heavy atom. The van der Waals surface area contributed by atoms with Gasteiger partial charge in [0.2, 0.25) is 0 Å². The molecule has 1 aromatic heterocycles. The fourth-order valence-corrected chi connectivity index (χ4v) is 4.44. The number of aromatic nitrogens is 1. The molecule has 1 fully saturated rings. The van der Waals surface area contributed by atoms with Crippen LogP contribution in [-0.2, 0) is 13.0 Å². The van der Waals surface area contributed by atoms with Crippen molar-refractivity contribution in [2.75, 3.05) is 6.54 Å². The number of fused-ring (bicyclic) bond motifs is 3. The van der Waals surface area contributed by atoms with Gasteiger partial charge in [0.25, 0.3) is 0 Å². The molecule has 1 aliphatic heterocycles. The summed E-state index contributed by atoms with van der Waals surface area (Å²) >= 11 is 6.32. The van der Waals surface area contributed by atoms with Crippen LogP contribution in [0.1, 0.15) is 36.6 Å². The zero-order chi connectivity index (χ0) is 18.5. The van der Waals surface area contributed by atoms with Crippen molar-refractivity contribution in [3.05, 3.63) is 70.1 Å². The fraction of sp³-hybridized carbons (Fsp3) is 0.304. The molecule has 0 spiro atoms. The predicted molar refractivity (Wildman–Crippen MR) is 110 cm³/mol.